The molecule has 2 rings (SSSR count). The van der Waals surface area contributed by atoms with Gasteiger partial charge in [-0.25, -0.2) is 4.98 Å². The molecule has 0 aliphatic carbocycles. The topological polar surface area (TPSA) is 28.2 Å². The predicted molar refractivity (Wildman–Crippen MR) is 82.7 cm³/mol. The van der Waals surface area contributed by atoms with E-state index < -0.39 is 0 Å². The summed E-state index contributed by atoms with van der Waals surface area (Å²) < 4.78 is 0. The molecule has 4 heteroatoms. The van der Waals surface area contributed by atoms with Crippen LogP contribution in [0.25, 0.3) is 0 Å². The largest absolute Gasteiger partial charge is 0.309 e. The third-order valence-corrected chi connectivity index (χ3v) is 5.50. The van der Waals surface area contributed by atoms with E-state index in [9.17, 15) is 0 Å². The maximum atomic E-state index is 4.58. The van der Waals surface area contributed by atoms with Crippen molar-refractivity contribution in [3.8, 4) is 0 Å². The van der Waals surface area contributed by atoms with Gasteiger partial charge in [-0.2, -0.15) is 0 Å². The number of nitrogens with one attached hydrogen (secondary N) is 1. The summed E-state index contributed by atoms with van der Waals surface area (Å²) in [4.78, 5) is 8.60. The van der Waals surface area contributed by atoms with Crippen molar-refractivity contribution in [2.45, 2.75) is 65.1 Å². The molecular weight excluding hydrogens is 254 g/mol. The molecule has 1 aliphatic rings. The number of nitrogens with zero attached hydrogens (tertiary/aromatic N) is 2. The average Bonchev–Trinajstić information content (AvgIpc) is 2.87. The van der Waals surface area contributed by atoms with Crippen molar-refractivity contribution in [3.05, 3.63) is 16.1 Å². The molecule has 1 saturated heterocycles. The standard InChI is InChI=1S/C15H27N3S/c1-5-12-8-17-15(4,7-3)11-18(12)10-14-16-9-13(6-2)19-14/h9,12,17H,5-8,10-11H2,1-4H3. The van der Waals surface area contributed by atoms with Crippen molar-refractivity contribution in [2.75, 3.05) is 13.1 Å². The summed E-state index contributed by atoms with van der Waals surface area (Å²) in [5, 5.41) is 4.99. The van der Waals surface area contributed by atoms with Gasteiger partial charge in [-0.15, -0.1) is 11.3 Å². The lowest BCUT2D eigenvalue weighted by molar-refractivity contribution is 0.0754. The SMILES string of the molecule is CCc1cnc(CN2CC(C)(CC)NCC2CC)s1. The first-order valence-electron chi connectivity index (χ1n) is 7.52. The first-order chi connectivity index (χ1) is 9.10. The van der Waals surface area contributed by atoms with Crippen LogP contribution in [0.1, 0.15) is 50.4 Å². The summed E-state index contributed by atoms with van der Waals surface area (Å²) in [6, 6.07) is 0.647. The zero-order valence-corrected chi connectivity index (χ0v) is 13.5. The second-order valence-electron chi connectivity index (χ2n) is 5.84. The van der Waals surface area contributed by atoms with E-state index >= 15 is 0 Å². The molecule has 2 heterocycles. The normalized spacial score (nSPS) is 28.7. The number of aryl methyl sites for hydroxylation is 1. The molecule has 2 unspecified atom stereocenters. The van der Waals surface area contributed by atoms with Crippen molar-refractivity contribution in [2.24, 2.45) is 0 Å². The highest BCUT2D eigenvalue weighted by molar-refractivity contribution is 7.11. The maximum absolute atomic E-state index is 4.58. The van der Waals surface area contributed by atoms with E-state index in [1.54, 1.807) is 0 Å². The lowest BCUT2D eigenvalue weighted by atomic mass is 9.93. The Morgan fingerprint density at radius 1 is 1.47 bits per heavy atom. The monoisotopic (exact) mass is 281 g/mol. The Kier molecular flexibility index (Phi) is 4.98. The molecule has 3 nitrogen and oxygen atoms in total. The zero-order chi connectivity index (χ0) is 13.9. The van der Waals surface area contributed by atoms with Gasteiger partial charge >= 0.3 is 0 Å². The van der Waals surface area contributed by atoms with Gasteiger partial charge in [-0.1, -0.05) is 20.8 Å². The molecule has 108 valence electrons. The van der Waals surface area contributed by atoms with Gasteiger partial charge in [0.05, 0.1) is 6.54 Å². The number of rotatable bonds is 5. The van der Waals surface area contributed by atoms with Crippen molar-refractivity contribution in [1.29, 1.82) is 0 Å². The summed E-state index contributed by atoms with van der Waals surface area (Å²) in [6.45, 7) is 12.3. The molecule has 1 aromatic rings. The van der Waals surface area contributed by atoms with Crippen LogP contribution < -0.4 is 5.32 Å². The molecule has 0 spiro atoms. The fourth-order valence-corrected chi connectivity index (χ4v) is 3.60. The van der Waals surface area contributed by atoms with Crippen LogP contribution in [0.15, 0.2) is 6.20 Å². The quantitative estimate of drug-likeness (QED) is 0.899. The fraction of sp³-hybridized carbons (Fsp3) is 0.800. The van der Waals surface area contributed by atoms with Gasteiger partial charge in [0.15, 0.2) is 0 Å². The highest BCUT2D eigenvalue weighted by atomic mass is 32.1. The van der Waals surface area contributed by atoms with E-state index in [2.05, 4.69) is 42.9 Å². The van der Waals surface area contributed by atoms with E-state index in [-0.39, 0.29) is 5.54 Å². The highest BCUT2D eigenvalue weighted by Crippen LogP contribution is 2.24. The van der Waals surface area contributed by atoms with E-state index in [0.717, 1.165) is 26.1 Å². The summed E-state index contributed by atoms with van der Waals surface area (Å²) >= 11 is 1.87. The Morgan fingerprint density at radius 3 is 2.84 bits per heavy atom. The van der Waals surface area contributed by atoms with Crippen LogP contribution in [0.5, 0.6) is 0 Å². The van der Waals surface area contributed by atoms with Crippen molar-refractivity contribution in [3.63, 3.8) is 0 Å². The second kappa shape index (κ2) is 6.33. The first-order valence-corrected chi connectivity index (χ1v) is 8.34. The van der Waals surface area contributed by atoms with Gasteiger partial charge in [0.2, 0.25) is 0 Å². The van der Waals surface area contributed by atoms with E-state index in [4.69, 9.17) is 0 Å². The second-order valence-corrected chi connectivity index (χ2v) is 7.04. The molecule has 0 aromatic carbocycles. The molecule has 1 aliphatic heterocycles. The van der Waals surface area contributed by atoms with Gasteiger partial charge < -0.3 is 5.32 Å². The summed E-state index contributed by atoms with van der Waals surface area (Å²) in [7, 11) is 0. The molecule has 0 amide bonds. The molecule has 0 bridgehead atoms. The Bertz CT molecular complexity index is 404. The van der Waals surface area contributed by atoms with Gasteiger partial charge in [-0.3, -0.25) is 4.90 Å². The Balaban J connectivity index is 2.05. The van der Waals surface area contributed by atoms with Crippen LogP contribution in [0.4, 0.5) is 0 Å². The maximum Gasteiger partial charge on any atom is 0.107 e. The summed E-state index contributed by atoms with van der Waals surface area (Å²) in [5.74, 6) is 0. The zero-order valence-electron chi connectivity index (χ0n) is 12.7. The van der Waals surface area contributed by atoms with E-state index in [1.807, 2.05) is 17.5 Å². The Labute approximate surface area is 121 Å². The Hall–Kier alpha value is -0.450. The minimum Gasteiger partial charge on any atom is -0.309 e. The number of hydrogen-bond donors (Lipinski definition) is 1. The molecule has 0 radical (unpaired) electrons. The van der Waals surface area contributed by atoms with E-state index in [0.29, 0.717) is 6.04 Å². The van der Waals surface area contributed by atoms with Crippen LogP contribution in [-0.4, -0.2) is 34.6 Å². The molecule has 1 N–H and O–H groups in total. The van der Waals surface area contributed by atoms with Crippen molar-refractivity contribution in [1.82, 2.24) is 15.2 Å². The molecule has 19 heavy (non-hydrogen) atoms. The third-order valence-electron chi connectivity index (χ3n) is 4.37. The van der Waals surface area contributed by atoms with Crippen LogP contribution in [0.3, 0.4) is 0 Å². The van der Waals surface area contributed by atoms with Gasteiger partial charge in [0.25, 0.3) is 0 Å². The average molecular weight is 281 g/mol. The molecular formula is C15H27N3S. The molecule has 2 atom stereocenters. The number of hydrogen-bond acceptors (Lipinski definition) is 4. The third kappa shape index (κ3) is 3.56. The number of piperazine rings is 1. The molecule has 1 aromatic heterocycles. The fourth-order valence-electron chi connectivity index (χ4n) is 2.71. The van der Waals surface area contributed by atoms with Gasteiger partial charge in [0, 0.05) is 35.7 Å². The van der Waals surface area contributed by atoms with E-state index in [1.165, 1.54) is 22.7 Å². The van der Waals surface area contributed by atoms with Crippen molar-refractivity contribution < 1.29 is 0 Å². The van der Waals surface area contributed by atoms with Gasteiger partial charge in [0.1, 0.15) is 5.01 Å². The summed E-state index contributed by atoms with van der Waals surface area (Å²) in [6.07, 6.45) is 5.53. The lowest BCUT2D eigenvalue weighted by Crippen LogP contribution is -2.62. The number of thiazole rings is 1. The minimum absolute atomic E-state index is 0.260. The Morgan fingerprint density at radius 2 is 2.26 bits per heavy atom. The van der Waals surface area contributed by atoms with Crippen LogP contribution >= 0.6 is 11.3 Å². The van der Waals surface area contributed by atoms with Crippen LogP contribution in [0.2, 0.25) is 0 Å². The van der Waals surface area contributed by atoms with Gasteiger partial charge in [-0.05, 0) is 26.2 Å². The highest BCUT2D eigenvalue weighted by Gasteiger charge is 2.33. The first kappa shape index (κ1) is 14.9. The predicted octanol–water partition coefficient (Wildman–Crippen LogP) is 3.06. The van der Waals surface area contributed by atoms with Crippen LogP contribution in [-0.2, 0) is 13.0 Å². The minimum atomic E-state index is 0.260. The lowest BCUT2D eigenvalue weighted by Gasteiger charge is -2.45. The van der Waals surface area contributed by atoms with Crippen LogP contribution in [0, 0.1) is 0 Å². The molecule has 1 fully saturated rings. The molecule has 0 saturated carbocycles. The van der Waals surface area contributed by atoms with Crippen molar-refractivity contribution >= 4 is 11.3 Å². The summed E-state index contributed by atoms with van der Waals surface area (Å²) in [5.41, 5.74) is 0.260. The number of aromatic nitrogens is 1. The smallest absolute Gasteiger partial charge is 0.107 e.